The molecule has 1 aliphatic heterocycles. The second-order valence-electron chi connectivity index (χ2n) is 4.94. The van der Waals surface area contributed by atoms with E-state index in [0.29, 0.717) is 18.2 Å². The maximum absolute atomic E-state index is 6.16. The van der Waals surface area contributed by atoms with Crippen LogP contribution in [-0.2, 0) is 4.74 Å². The van der Waals surface area contributed by atoms with E-state index in [9.17, 15) is 0 Å². The van der Waals surface area contributed by atoms with Crippen molar-refractivity contribution < 1.29 is 9.47 Å². The zero-order chi connectivity index (χ0) is 13.1. The molecule has 0 saturated carbocycles. The monoisotopic (exact) mass is 258 g/mol. The molecular weight excluding hydrogens is 240 g/mol. The first-order chi connectivity index (χ1) is 9.34. The van der Waals surface area contributed by atoms with Crippen LogP contribution in [0.1, 0.15) is 12.8 Å². The van der Waals surface area contributed by atoms with Gasteiger partial charge in [-0.2, -0.15) is 0 Å². The van der Waals surface area contributed by atoms with E-state index in [2.05, 4.69) is 4.98 Å². The fraction of sp³-hybridized carbons (Fsp3) is 0.400. The van der Waals surface area contributed by atoms with Gasteiger partial charge >= 0.3 is 0 Å². The molecule has 3 rings (SSSR count). The minimum absolute atomic E-state index is 0.571. The number of fused-ring (bicyclic) bond motifs is 1. The summed E-state index contributed by atoms with van der Waals surface area (Å²) < 4.78 is 11.2. The molecule has 0 atom stereocenters. The molecule has 19 heavy (non-hydrogen) atoms. The molecule has 0 amide bonds. The summed E-state index contributed by atoms with van der Waals surface area (Å²) in [5.41, 5.74) is 6.86. The maximum Gasteiger partial charge on any atom is 0.142 e. The van der Waals surface area contributed by atoms with E-state index >= 15 is 0 Å². The van der Waals surface area contributed by atoms with Crippen molar-refractivity contribution in [2.75, 3.05) is 25.6 Å². The summed E-state index contributed by atoms with van der Waals surface area (Å²) in [6.45, 7) is 2.39. The van der Waals surface area contributed by atoms with Crippen LogP contribution in [0.2, 0.25) is 0 Å². The summed E-state index contributed by atoms with van der Waals surface area (Å²) in [5.74, 6) is 1.34. The third-order valence-corrected chi connectivity index (χ3v) is 3.64. The van der Waals surface area contributed by atoms with Gasteiger partial charge in [0.2, 0.25) is 0 Å². The molecule has 0 spiro atoms. The summed E-state index contributed by atoms with van der Waals surface area (Å²) in [6.07, 6.45) is 5.70. The Morgan fingerprint density at radius 3 is 2.95 bits per heavy atom. The summed E-state index contributed by atoms with van der Waals surface area (Å²) in [6, 6.07) is 5.85. The van der Waals surface area contributed by atoms with Crippen molar-refractivity contribution in [2.24, 2.45) is 5.92 Å². The number of hydrogen-bond acceptors (Lipinski definition) is 4. The third kappa shape index (κ3) is 2.63. The lowest BCUT2D eigenvalue weighted by atomic mass is 10.0. The molecule has 0 radical (unpaired) electrons. The lowest BCUT2D eigenvalue weighted by molar-refractivity contribution is 0.0499. The fourth-order valence-corrected chi connectivity index (χ4v) is 2.42. The van der Waals surface area contributed by atoms with Gasteiger partial charge in [0.05, 0.1) is 12.3 Å². The van der Waals surface area contributed by atoms with Gasteiger partial charge in [0, 0.05) is 36.4 Å². The predicted octanol–water partition coefficient (Wildman–Crippen LogP) is 2.62. The molecule has 2 N–H and O–H groups in total. The van der Waals surface area contributed by atoms with Crippen molar-refractivity contribution in [2.45, 2.75) is 12.8 Å². The van der Waals surface area contributed by atoms with Crippen LogP contribution in [0.3, 0.4) is 0 Å². The van der Waals surface area contributed by atoms with E-state index in [4.69, 9.17) is 15.2 Å². The SMILES string of the molecule is Nc1c(OCC2CCOCC2)ccc2cnccc12. The van der Waals surface area contributed by atoms with E-state index in [-0.39, 0.29) is 0 Å². The van der Waals surface area contributed by atoms with E-state index in [1.807, 2.05) is 24.4 Å². The van der Waals surface area contributed by atoms with Crippen LogP contribution in [0.25, 0.3) is 10.8 Å². The Morgan fingerprint density at radius 2 is 2.11 bits per heavy atom. The lowest BCUT2D eigenvalue weighted by Crippen LogP contribution is -2.21. The van der Waals surface area contributed by atoms with Crippen LogP contribution in [0, 0.1) is 5.92 Å². The zero-order valence-electron chi connectivity index (χ0n) is 10.8. The Hall–Kier alpha value is -1.81. The van der Waals surface area contributed by atoms with E-state index in [1.165, 1.54) is 0 Å². The number of nitrogens with zero attached hydrogens (tertiary/aromatic N) is 1. The Morgan fingerprint density at radius 1 is 1.26 bits per heavy atom. The molecule has 2 heterocycles. The Kier molecular flexibility index (Phi) is 3.51. The number of hydrogen-bond donors (Lipinski definition) is 1. The largest absolute Gasteiger partial charge is 0.491 e. The van der Waals surface area contributed by atoms with Gasteiger partial charge in [-0.1, -0.05) is 0 Å². The predicted molar refractivity (Wildman–Crippen MR) is 75.2 cm³/mol. The van der Waals surface area contributed by atoms with Gasteiger partial charge < -0.3 is 15.2 Å². The minimum atomic E-state index is 0.571. The molecule has 0 bridgehead atoms. The molecule has 4 heteroatoms. The smallest absolute Gasteiger partial charge is 0.142 e. The molecule has 0 unspecified atom stereocenters. The first-order valence-corrected chi connectivity index (χ1v) is 6.67. The fourth-order valence-electron chi connectivity index (χ4n) is 2.42. The van der Waals surface area contributed by atoms with Gasteiger partial charge in [-0.05, 0) is 37.0 Å². The molecule has 100 valence electrons. The molecule has 1 fully saturated rings. The number of benzene rings is 1. The molecule has 1 aliphatic rings. The van der Waals surface area contributed by atoms with Gasteiger partial charge in [0.1, 0.15) is 5.75 Å². The van der Waals surface area contributed by atoms with Crippen LogP contribution < -0.4 is 10.5 Å². The Balaban J connectivity index is 1.75. The Labute approximate surface area is 112 Å². The zero-order valence-corrected chi connectivity index (χ0v) is 10.8. The lowest BCUT2D eigenvalue weighted by Gasteiger charge is -2.22. The van der Waals surface area contributed by atoms with Gasteiger partial charge in [0.25, 0.3) is 0 Å². The third-order valence-electron chi connectivity index (χ3n) is 3.64. The molecule has 1 aromatic heterocycles. The number of ether oxygens (including phenoxy) is 2. The van der Waals surface area contributed by atoms with Crippen molar-refractivity contribution >= 4 is 16.5 Å². The highest BCUT2D eigenvalue weighted by molar-refractivity contribution is 5.95. The van der Waals surface area contributed by atoms with Gasteiger partial charge in [0.15, 0.2) is 0 Å². The van der Waals surface area contributed by atoms with Crippen molar-refractivity contribution in [3.8, 4) is 5.75 Å². The highest BCUT2D eigenvalue weighted by Gasteiger charge is 2.15. The summed E-state index contributed by atoms with van der Waals surface area (Å²) >= 11 is 0. The summed E-state index contributed by atoms with van der Waals surface area (Å²) in [5, 5.41) is 2.04. The maximum atomic E-state index is 6.16. The number of pyridine rings is 1. The van der Waals surface area contributed by atoms with Crippen LogP contribution in [0.15, 0.2) is 30.6 Å². The van der Waals surface area contributed by atoms with Crippen LogP contribution in [0.5, 0.6) is 5.75 Å². The van der Waals surface area contributed by atoms with Gasteiger partial charge in [-0.15, -0.1) is 0 Å². The number of aromatic nitrogens is 1. The second-order valence-corrected chi connectivity index (χ2v) is 4.94. The summed E-state index contributed by atoms with van der Waals surface area (Å²) in [7, 11) is 0. The average molecular weight is 258 g/mol. The number of anilines is 1. The quantitative estimate of drug-likeness (QED) is 0.860. The highest BCUT2D eigenvalue weighted by Crippen LogP contribution is 2.30. The summed E-state index contributed by atoms with van der Waals surface area (Å²) in [4.78, 5) is 4.09. The number of nitrogens with two attached hydrogens (primary N) is 1. The van der Waals surface area contributed by atoms with Crippen LogP contribution >= 0.6 is 0 Å². The topological polar surface area (TPSA) is 57.4 Å². The average Bonchev–Trinajstić information content (AvgIpc) is 2.48. The number of nitrogen functional groups attached to an aromatic ring is 1. The highest BCUT2D eigenvalue weighted by atomic mass is 16.5. The molecular formula is C15H18N2O2. The molecule has 1 saturated heterocycles. The van der Waals surface area contributed by atoms with Gasteiger partial charge in [-0.3, -0.25) is 4.98 Å². The van der Waals surface area contributed by atoms with Crippen LogP contribution in [-0.4, -0.2) is 24.8 Å². The first kappa shape index (κ1) is 12.2. The standard InChI is InChI=1S/C15H18N2O2/c16-15-13-3-6-17-9-12(13)1-2-14(15)19-10-11-4-7-18-8-5-11/h1-3,6,9,11H,4-5,7-8,10,16H2. The van der Waals surface area contributed by atoms with E-state index in [0.717, 1.165) is 42.6 Å². The molecule has 2 aromatic rings. The van der Waals surface area contributed by atoms with Crippen molar-refractivity contribution in [1.29, 1.82) is 0 Å². The van der Waals surface area contributed by atoms with Crippen molar-refractivity contribution in [3.05, 3.63) is 30.6 Å². The number of rotatable bonds is 3. The molecule has 4 nitrogen and oxygen atoms in total. The van der Waals surface area contributed by atoms with E-state index in [1.54, 1.807) is 6.20 Å². The van der Waals surface area contributed by atoms with Crippen LogP contribution in [0.4, 0.5) is 5.69 Å². The Bertz CT molecular complexity index is 565. The normalized spacial score (nSPS) is 16.6. The first-order valence-electron chi connectivity index (χ1n) is 6.67. The van der Waals surface area contributed by atoms with Gasteiger partial charge in [-0.25, -0.2) is 0 Å². The molecule has 0 aliphatic carbocycles. The molecule has 1 aromatic carbocycles. The van der Waals surface area contributed by atoms with Crippen molar-refractivity contribution in [1.82, 2.24) is 4.98 Å². The van der Waals surface area contributed by atoms with Crippen molar-refractivity contribution in [3.63, 3.8) is 0 Å². The second kappa shape index (κ2) is 5.45. The van der Waals surface area contributed by atoms with E-state index < -0.39 is 0 Å². The minimum Gasteiger partial charge on any atom is -0.491 e.